The molecule has 2 heterocycles. The van der Waals surface area contributed by atoms with Gasteiger partial charge < -0.3 is 10.3 Å². The molecular weight excluding hydrogens is 372 g/mol. The van der Waals surface area contributed by atoms with Gasteiger partial charge in [-0.2, -0.15) is 0 Å². The number of hydrogen-bond donors (Lipinski definition) is 1. The zero-order valence-electron chi connectivity index (χ0n) is 15.8. The van der Waals surface area contributed by atoms with Gasteiger partial charge in [0.05, 0.1) is 5.25 Å². The molecule has 0 amide bonds. The Labute approximate surface area is 167 Å². The number of aromatic nitrogens is 5. The summed E-state index contributed by atoms with van der Waals surface area (Å²) in [5.74, 6) is 7.84. The lowest BCUT2D eigenvalue weighted by Gasteiger charge is -2.07. The molecule has 142 valence electrons. The first-order chi connectivity index (χ1) is 13.5. The van der Waals surface area contributed by atoms with Gasteiger partial charge in [0.1, 0.15) is 0 Å². The number of rotatable bonds is 5. The fraction of sp³-hybridized carbons (Fsp3) is 0.200. The quantitative estimate of drug-likeness (QED) is 0.402. The number of aryl methyl sites for hydroxylation is 2. The van der Waals surface area contributed by atoms with Crippen molar-refractivity contribution < 1.29 is 4.42 Å². The highest BCUT2D eigenvalue weighted by molar-refractivity contribution is 7.99. The van der Waals surface area contributed by atoms with Gasteiger partial charge in [0.25, 0.3) is 0 Å². The highest BCUT2D eigenvalue weighted by Crippen LogP contribution is 2.34. The van der Waals surface area contributed by atoms with Crippen molar-refractivity contribution in [3.8, 4) is 22.8 Å². The van der Waals surface area contributed by atoms with Gasteiger partial charge in [0, 0.05) is 11.1 Å². The Balaban J connectivity index is 1.52. The van der Waals surface area contributed by atoms with E-state index < -0.39 is 0 Å². The minimum absolute atomic E-state index is 0.121. The van der Waals surface area contributed by atoms with Crippen molar-refractivity contribution in [1.29, 1.82) is 0 Å². The fourth-order valence-electron chi connectivity index (χ4n) is 2.68. The average Bonchev–Trinajstić information content (AvgIpc) is 3.31. The Morgan fingerprint density at radius 2 is 1.46 bits per heavy atom. The van der Waals surface area contributed by atoms with Gasteiger partial charge in [-0.1, -0.05) is 59.3 Å². The molecule has 0 spiro atoms. The van der Waals surface area contributed by atoms with Crippen LogP contribution in [0.25, 0.3) is 22.8 Å². The van der Waals surface area contributed by atoms with E-state index in [0.29, 0.717) is 22.8 Å². The lowest BCUT2D eigenvalue weighted by molar-refractivity contribution is 0.509. The van der Waals surface area contributed by atoms with E-state index in [1.165, 1.54) is 27.6 Å². The molecule has 0 aliphatic heterocycles. The van der Waals surface area contributed by atoms with E-state index >= 15 is 0 Å². The van der Waals surface area contributed by atoms with Crippen LogP contribution < -0.4 is 5.84 Å². The predicted molar refractivity (Wildman–Crippen MR) is 109 cm³/mol. The molecular formula is C20H20N6OS. The van der Waals surface area contributed by atoms with Crippen LogP contribution >= 0.6 is 11.8 Å². The minimum Gasteiger partial charge on any atom is -0.419 e. The van der Waals surface area contributed by atoms with Gasteiger partial charge in [-0.05, 0) is 32.9 Å². The molecule has 2 aromatic heterocycles. The monoisotopic (exact) mass is 392 g/mol. The summed E-state index contributed by atoms with van der Waals surface area (Å²) in [5, 5.41) is 17.2. The van der Waals surface area contributed by atoms with E-state index in [0.717, 1.165) is 11.1 Å². The standard InChI is InChI=1S/C20H20N6OS/c1-12-4-8-15(9-5-12)17-22-25-20(26(17)21)28-14(3)18-23-24-19(27-18)16-10-6-13(2)7-11-16/h4-11,14H,21H2,1-3H3/t14-/m0/s1. The van der Waals surface area contributed by atoms with Crippen molar-refractivity contribution in [3.05, 3.63) is 65.5 Å². The van der Waals surface area contributed by atoms with Crippen LogP contribution in [-0.2, 0) is 0 Å². The van der Waals surface area contributed by atoms with Crippen molar-refractivity contribution in [3.63, 3.8) is 0 Å². The number of benzene rings is 2. The van der Waals surface area contributed by atoms with E-state index in [1.54, 1.807) is 0 Å². The molecule has 0 aliphatic carbocycles. The van der Waals surface area contributed by atoms with E-state index in [4.69, 9.17) is 10.3 Å². The number of nitrogens with zero attached hydrogens (tertiary/aromatic N) is 5. The van der Waals surface area contributed by atoms with Crippen molar-refractivity contribution in [1.82, 2.24) is 25.1 Å². The van der Waals surface area contributed by atoms with Crippen LogP contribution in [0, 0.1) is 13.8 Å². The maximum atomic E-state index is 6.21. The molecule has 4 rings (SSSR count). The summed E-state index contributed by atoms with van der Waals surface area (Å²) in [4.78, 5) is 0. The molecule has 0 saturated carbocycles. The van der Waals surface area contributed by atoms with E-state index in [9.17, 15) is 0 Å². The van der Waals surface area contributed by atoms with E-state index in [-0.39, 0.29) is 5.25 Å². The Morgan fingerprint density at radius 1 is 0.857 bits per heavy atom. The Kier molecular flexibility index (Phi) is 4.87. The van der Waals surface area contributed by atoms with Gasteiger partial charge >= 0.3 is 0 Å². The molecule has 0 radical (unpaired) electrons. The van der Waals surface area contributed by atoms with Crippen LogP contribution in [0.3, 0.4) is 0 Å². The molecule has 2 N–H and O–H groups in total. The smallest absolute Gasteiger partial charge is 0.247 e. The van der Waals surface area contributed by atoms with Crippen molar-refractivity contribution >= 4 is 11.8 Å². The zero-order chi connectivity index (χ0) is 19.7. The van der Waals surface area contributed by atoms with Gasteiger partial charge in [0.15, 0.2) is 5.82 Å². The van der Waals surface area contributed by atoms with Crippen LogP contribution in [0.4, 0.5) is 0 Å². The highest BCUT2D eigenvalue weighted by Gasteiger charge is 2.20. The maximum absolute atomic E-state index is 6.21. The van der Waals surface area contributed by atoms with Gasteiger partial charge in [0.2, 0.25) is 16.9 Å². The third-order valence-electron chi connectivity index (χ3n) is 4.34. The molecule has 1 atom stereocenters. The summed E-state index contributed by atoms with van der Waals surface area (Å²) in [7, 11) is 0. The summed E-state index contributed by atoms with van der Waals surface area (Å²) in [5.41, 5.74) is 4.17. The highest BCUT2D eigenvalue weighted by atomic mass is 32.2. The summed E-state index contributed by atoms with van der Waals surface area (Å²) >= 11 is 1.42. The van der Waals surface area contributed by atoms with E-state index in [1.807, 2.05) is 69.3 Å². The minimum atomic E-state index is -0.121. The first-order valence-corrected chi connectivity index (χ1v) is 9.74. The van der Waals surface area contributed by atoms with Crippen LogP contribution in [0.1, 0.15) is 29.2 Å². The van der Waals surface area contributed by atoms with Gasteiger partial charge in [-0.25, -0.2) is 4.68 Å². The lowest BCUT2D eigenvalue weighted by Crippen LogP contribution is -2.12. The molecule has 7 nitrogen and oxygen atoms in total. The summed E-state index contributed by atoms with van der Waals surface area (Å²) < 4.78 is 7.34. The van der Waals surface area contributed by atoms with E-state index in [2.05, 4.69) is 20.4 Å². The van der Waals surface area contributed by atoms with Crippen molar-refractivity contribution in [2.45, 2.75) is 31.2 Å². The molecule has 28 heavy (non-hydrogen) atoms. The van der Waals surface area contributed by atoms with Gasteiger partial charge in [-0.3, -0.25) is 0 Å². The average molecular weight is 392 g/mol. The number of hydrogen-bond acceptors (Lipinski definition) is 7. The normalized spacial score (nSPS) is 12.2. The molecule has 8 heteroatoms. The first kappa shape index (κ1) is 18.2. The topological polar surface area (TPSA) is 95.7 Å². The molecule has 0 unspecified atom stereocenters. The molecule has 0 saturated heterocycles. The second-order valence-electron chi connectivity index (χ2n) is 6.61. The van der Waals surface area contributed by atoms with Gasteiger partial charge in [-0.15, -0.1) is 20.4 Å². The van der Waals surface area contributed by atoms with Crippen LogP contribution in [-0.4, -0.2) is 25.1 Å². The molecule has 0 bridgehead atoms. The second kappa shape index (κ2) is 7.47. The number of nitrogens with two attached hydrogens (primary N) is 1. The number of thioether (sulfide) groups is 1. The Morgan fingerprint density at radius 3 is 2.11 bits per heavy atom. The van der Waals surface area contributed by atoms with Crippen LogP contribution in [0.5, 0.6) is 0 Å². The largest absolute Gasteiger partial charge is 0.419 e. The van der Waals surface area contributed by atoms with Crippen molar-refractivity contribution in [2.24, 2.45) is 0 Å². The lowest BCUT2D eigenvalue weighted by atomic mass is 10.1. The SMILES string of the molecule is Cc1ccc(-c2nnc([C@H](C)Sc3nnc(-c4ccc(C)cc4)n3N)o2)cc1. The molecule has 4 aromatic rings. The molecule has 0 aliphatic rings. The summed E-state index contributed by atoms with van der Waals surface area (Å²) in [6, 6.07) is 16.0. The Bertz CT molecular complexity index is 1080. The number of nitrogen functional groups attached to an aromatic ring is 1. The zero-order valence-corrected chi connectivity index (χ0v) is 16.6. The third kappa shape index (κ3) is 3.63. The van der Waals surface area contributed by atoms with Crippen LogP contribution in [0.15, 0.2) is 58.1 Å². The Hall–Kier alpha value is -3.13. The fourth-order valence-corrected chi connectivity index (χ4v) is 3.48. The summed E-state index contributed by atoms with van der Waals surface area (Å²) in [6.45, 7) is 6.04. The first-order valence-electron chi connectivity index (χ1n) is 8.86. The molecule has 2 aromatic carbocycles. The maximum Gasteiger partial charge on any atom is 0.247 e. The van der Waals surface area contributed by atoms with Crippen LogP contribution in [0.2, 0.25) is 0 Å². The third-order valence-corrected chi connectivity index (χ3v) is 5.39. The van der Waals surface area contributed by atoms with Crippen molar-refractivity contribution in [2.75, 3.05) is 5.84 Å². The summed E-state index contributed by atoms with van der Waals surface area (Å²) in [6.07, 6.45) is 0. The molecule has 0 fully saturated rings. The second-order valence-corrected chi connectivity index (χ2v) is 7.92. The predicted octanol–water partition coefficient (Wildman–Crippen LogP) is 4.18.